The molecule has 0 saturated heterocycles. The largest absolute Gasteiger partial charge is 0.416 e. The first-order valence-electron chi connectivity index (χ1n) is 9.81. The van der Waals surface area contributed by atoms with Gasteiger partial charge in [0.25, 0.3) is 15.9 Å². The number of amides is 1. The van der Waals surface area contributed by atoms with Crippen LogP contribution in [0.25, 0.3) is 0 Å². The van der Waals surface area contributed by atoms with Gasteiger partial charge in [0.05, 0.1) is 27.4 Å². The van der Waals surface area contributed by atoms with Crippen LogP contribution in [-0.2, 0) is 21.0 Å². The molecule has 0 saturated carbocycles. The van der Waals surface area contributed by atoms with E-state index in [-0.39, 0.29) is 21.2 Å². The third-order valence-electron chi connectivity index (χ3n) is 4.63. The zero-order valence-corrected chi connectivity index (χ0v) is 19.3. The fourth-order valence-electron chi connectivity index (χ4n) is 2.93. The highest BCUT2D eigenvalue weighted by atomic mass is 35.5. The van der Waals surface area contributed by atoms with Crippen molar-refractivity contribution in [2.75, 3.05) is 10.8 Å². The van der Waals surface area contributed by atoms with Gasteiger partial charge in [0, 0.05) is 0 Å². The number of alkyl halides is 3. The van der Waals surface area contributed by atoms with Gasteiger partial charge in [-0.2, -0.15) is 18.3 Å². The summed E-state index contributed by atoms with van der Waals surface area (Å²) in [6.45, 7) is 1.14. The van der Waals surface area contributed by atoms with Crippen molar-refractivity contribution in [1.29, 1.82) is 0 Å². The van der Waals surface area contributed by atoms with Crippen LogP contribution in [0.5, 0.6) is 0 Å². The quantitative estimate of drug-likeness (QED) is 0.359. The molecule has 0 bridgehead atoms. The van der Waals surface area contributed by atoms with Crippen molar-refractivity contribution in [1.82, 2.24) is 5.43 Å². The Kier molecular flexibility index (Phi) is 7.63. The molecule has 178 valence electrons. The number of nitrogens with zero attached hydrogens (tertiary/aromatic N) is 2. The van der Waals surface area contributed by atoms with Crippen molar-refractivity contribution < 1.29 is 26.4 Å². The van der Waals surface area contributed by atoms with Crippen LogP contribution in [0.15, 0.2) is 82.8 Å². The standard InChI is InChI=1S/C23H19ClF3N3O3S/c1-16-9-11-19(12-10-16)34(32,33)30(21-8-3-2-7-20(21)24)15-22(31)29-28-14-17-5-4-6-18(13-17)23(25,26)27/h2-14H,15H2,1H3,(H,29,31)/b28-14+. The Morgan fingerprint density at radius 3 is 2.38 bits per heavy atom. The van der Waals surface area contributed by atoms with Crippen LogP contribution in [-0.4, -0.2) is 27.1 Å². The summed E-state index contributed by atoms with van der Waals surface area (Å²) in [5, 5.41) is 3.76. The lowest BCUT2D eigenvalue weighted by atomic mass is 10.1. The third kappa shape index (κ3) is 6.15. The van der Waals surface area contributed by atoms with E-state index in [1.54, 1.807) is 31.2 Å². The molecule has 3 aromatic rings. The lowest BCUT2D eigenvalue weighted by molar-refractivity contribution is -0.137. The van der Waals surface area contributed by atoms with Crippen molar-refractivity contribution >= 4 is 39.4 Å². The predicted molar refractivity (Wildman–Crippen MR) is 124 cm³/mol. The second kappa shape index (κ2) is 10.3. The molecule has 0 radical (unpaired) electrons. The van der Waals surface area contributed by atoms with Crippen LogP contribution in [0.3, 0.4) is 0 Å². The Labute approximate surface area is 199 Å². The van der Waals surface area contributed by atoms with Crippen molar-refractivity contribution in [3.63, 3.8) is 0 Å². The molecule has 0 fully saturated rings. The number of nitrogens with one attached hydrogen (secondary N) is 1. The molecule has 1 amide bonds. The molecule has 0 heterocycles. The fourth-order valence-corrected chi connectivity index (χ4v) is 4.66. The van der Waals surface area contributed by atoms with Gasteiger partial charge in [0.15, 0.2) is 0 Å². The number of carbonyl (C=O) groups excluding carboxylic acids is 1. The molecule has 1 N–H and O–H groups in total. The van der Waals surface area contributed by atoms with E-state index in [2.05, 4.69) is 10.5 Å². The summed E-state index contributed by atoms with van der Waals surface area (Å²) in [5.41, 5.74) is 2.32. The zero-order chi connectivity index (χ0) is 24.9. The average Bonchev–Trinajstić information content (AvgIpc) is 2.78. The number of aryl methyl sites for hydroxylation is 1. The zero-order valence-electron chi connectivity index (χ0n) is 17.8. The van der Waals surface area contributed by atoms with Crippen LogP contribution >= 0.6 is 11.6 Å². The molecule has 6 nitrogen and oxygen atoms in total. The van der Waals surface area contributed by atoms with Gasteiger partial charge in [-0.05, 0) is 48.9 Å². The van der Waals surface area contributed by atoms with Crippen LogP contribution in [0.2, 0.25) is 5.02 Å². The van der Waals surface area contributed by atoms with E-state index in [9.17, 15) is 26.4 Å². The van der Waals surface area contributed by atoms with Crippen LogP contribution in [0.1, 0.15) is 16.7 Å². The van der Waals surface area contributed by atoms with Gasteiger partial charge in [-0.1, -0.05) is 53.6 Å². The number of para-hydroxylation sites is 1. The summed E-state index contributed by atoms with van der Waals surface area (Å²) in [6.07, 6.45) is -3.49. The molecule has 34 heavy (non-hydrogen) atoms. The number of halogens is 4. The van der Waals surface area contributed by atoms with E-state index in [1.165, 1.54) is 36.4 Å². The van der Waals surface area contributed by atoms with E-state index >= 15 is 0 Å². The summed E-state index contributed by atoms with van der Waals surface area (Å²) < 4.78 is 66.0. The second-order valence-electron chi connectivity index (χ2n) is 7.19. The highest BCUT2D eigenvalue weighted by molar-refractivity contribution is 7.92. The number of sulfonamides is 1. The molecule has 0 aliphatic rings. The van der Waals surface area contributed by atoms with Gasteiger partial charge in [-0.15, -0.1) is 0 Å². The average molecular weight is 510 g/mol. The lowest BCUT2D eigenvalue weighted by Gasteiger charge is -2.24. The van der Waals surface area contributed by atoms with Crippen LogP contribution in [0.4, 0.5) is 18.9 Å². The fraction of sp³-hybridized carbons (Fsp3) is 0.130. The molecule has 0 aliphatic heterocycles. The topological polar surface area (TPSA) is 78.8 Å². The van der Waals surface area contributed by atoms with E-state index in [1.807, 2.05) is 0 Å². The minimum Gasteiger partial charge on any atom is -0.271 e. The summed E-state index contributed by atoms with van der Waals surface area (Å²) in [4.78, 5) is 12.5. The summed E-state index contributed by atoms with van der Waals surface area (Å²) >= 11 is 6.20. The number of anilines is 1. The van der Waals surface area contributed by atoms with Crippen molar-refractivity contribution in [2.24, 2.45) is 5.10 Å². The van der Waals surface area contributed by atoms with E-state index < -0.39 is 34.2 Å². The van der Waals surface area contributed by atoms with Gasteiger partial charge < -0.3 is 0 Å². The monoisotopic (exact) mass is 509 g/mol. The van der Waals surface area contributed by atoms with E-state index in [0.717, 1.165) is 28.2 Å². The maximum absolute atomic E-state index is 13.3. The smallest absolute Gasteiger partial charge is 0.271 e. The maximum atomic E-state index is 13.3. The maximum Gasteiger partial charge on any atom is 0.416 e. The van der Waals surface area contributed by atoms with Crippen LogP contribution in [0, 0.1) is 6.92 Å². The molecule has 11 heteroatoms. The molecular formula is C23H19ClF3N3O3S. The summed E-state index contributed by atoms with van der Waals surface area (Å²) in [7, 11) is -4.18. The first kappa shape index (κ1) is 25.3. The van der Waals surface area contributed by atoms with Crippen molar-refractivity contribution in [3.8, 4) is 0 Å². The third-order valence-corrected chi connectivity index (χ3v) is 6.73. The van der Waals surface area contributed by atoms with Gasteiger partial charge >= 0.3 is 6.18 Å². The predicted octanol–water partition coefficient (Wildman–Crippen LogP) is 5.01. The number of rotatable bonds is 7. The highest BCUT2D eigenvalue weighted by Gasteiger charge is 2.30. The normalized spacial score (nSPS) is 12.0. The first-order chi connectivity index (χ1) is 16.0. The Morgan fingerprint density at radius 1 is 1.06 bits per heavy atom. The number of hydrogen-bond donors (Lipinski definition) is 1. The Balaban J connectivity index is 1.83. The van der Waals surface area contributed by atoms with Gasteiger partial charge in [-0.3, -0.25) is 9.10 Å². The number of hydrogen-bond acceptors (Lipinski definition) is 4. The molecule has 3 aromatic carbocycles. The van der Waals surface area contributed by atoms with E-state index in [4.69, 9.17) is 11.6 Å². The number of hydrazone groups is 1. The Morgan fingerprint density at radius 2 is 1.74 bits per heavy atom. The van der Waals surface area contributed by atoms with Crippen LogP contribution < -0.4 is 9.73 Å². The molecule has 3 rings (SSSR count). The molecular weight excluding hydrogens is 491 g/mol. The van der Waals surface area contributed by atoms with Crippen molar-refractivity contribution in [2.45, 2.75) is 18.0 Å². The SMILES string of the molecule is Cc1ccc(S(=O)(=O)N(CC(=O)N/N=C/c2cccc(C(F)(F)F)c2)c2ccccc2Cl)cc1. The molecule has 0 spiro atoms. The molecule has 0 atom stereocenters. The van der Waals surface area contributed by atoms with Gasteiger partial charge in [0.2, 0.25) is 0 Å². The number of benzene rings is 3. The summed E-state index contributed by atoms with van der Waals surface area (Å²) in [5.74, 6) is -0.821. The number of carbonyl (C=O) groups is 1. The molecule has 0 aromatic heterocycles. The minimum atomic E-state index is -4.52. The Bertz CT molecular complexity index is 1310. The lowest BCUT2D eigenvalue weighted by Crippen LogP contribution is -2.39. The van der Waals surface area contributed by atoms with Crippen molar-refractivity contribution in [3.05, 3.63) is 94.5 Å². The van der Waals surface area contributed by atoms with Gasteiger partial charge in [-0.25, -0.2) is 13.8 Å². The molecule has 0 aliphatic carbocycles. The van der Waals surface area contributed by atoms with Gasteiger partial charge in [0.1, 0.15) is 6.54 Å². The molecule has 0 unspecified atom stereocenters. The Hall–Kier alpha value is -3.37. The summed E-state index contributed by atoms with van der Waals surface area (Å²) in [6, 6.07) is 16.6. The highest BCUT2D eigenvalue weighted by Crippen LogP contribution is 2.31. The second-order valence-corrected chi connectivity index (χ2v) is 9.46. The first-order valence-corrected chi connectivity index (χ1v) is 11.6. The van der Waals surface area contributed by atoms with E-state index in [0.29, 0.717) is 0 Å². The minimum absolute atomic E-state index is 0.0433.